The van der Waals surface area contributed by atoms with Gasteiger partial charge in [-0.05, 0) is 49.4 Å². The molecule has 2 aromatic rings. The lowest BCUT2D eigenvalue weighted by atomic mass is 10.2. The summed E-state index contributed by atoms with van der Waals surface area (Å²) >= 11 is 11.9. The normalized spacial score (nSPS) is 13.9. The van der Waals surface area contributed by atoms with Crippen LogP contribution in [0.25, 0.3) is 0 Å². The Labute approximate surface area is 170 Å². The van der Waals surface area contributed by atoms with Gasteiger partial charge in [0.2, 0.25) is 0 Å². The van der Waals surface area contributed by atoms with Crippen LogP contribution in [0.3, 0.4) is 0 Å². The zero-order valence-electron chi connectivity index (χ0n) is 14.5. The van der Waals surface area contributed by atoms with Crippen LogP contribution in [0.2, 0.25) is 5.02 Å². The highest BCUT2D eigenvalue weighted by Crippen LogP contribution is 2.33. The van der Waals surface area contributed by atoms with E-state index in [1.54, 1.807) is 6.92 Å². The minimum Gasteiger partial charge on any atom is -0.506 e. The van der Waals surface area contributed by atoms with Gasteiger partial charge in [0.05, 0.1) is 23.5 Å². The summed E-state index contributed by atoms with van der Waals surface area (Å²) in [5, 5.41) is 12.5. The van der Waals surface area contributed by atoms with Crippen LogP contribution in [0.15, 0.2) is 53.2 Å². The first kappa shape index (κ1) is 19.7. The number of hydrogen-bond donors (Lipinski definition) is 2. The second-order valence-electron chi connectivity index (χ2n) is 5.69. The number of anilines is 2. The number of nitrogens with one attached hydrogen (secondary N) is 1. The van der Waals surface area contributed by atoms with Gasteiger partial charge >= 0.3 is 5.97 Å². The molecule has 0 fully saturated rings. The molecule has 9 heteroatoms. The summed E-state index contributed by atoms with van der Waals surface area (Å²) < 4.78 is 4.90. The molecule has 0 aliphatic carbocycles. The maximum absolute atomic E-state index is 12.7. The van der Waals surface area contributed by atoms with Crippen molar-refractivity contribution in [3.8, 4) is 5.75 Å². The van der Waals surface area contributed by atoms with Crippen LogP contribution in [0.4, 0.5) is 11.4 Å². The number of carbonyl (C=O) groups excluding carboxylic acids is 3. The van der Waals surface area contributed by atoms with Crippen LogP contribution < -0.4 is 10.2 Å². The summed E-state index contributed by atoms with van der Waals surface area (Å²) in [6, 6.07) is 9.95. The third-order valence-corrected chi connectivity index (χ3v) is 4.47. The average Bonchev–Trinajstić information content (AvgIpc) is 2.88. The molecule has 3 rings (SSSR count). The van der Waals surface area contributed by atoms with E-state index in [9.17, 15) is 19.5 Å². The number of halogens is 2. The Balaban J connectivity index is 1.86. The molecule has 0 unspecified atom stereocenters. The molecule has 0 spiro atoms. The Kier molecular flexibility index (Phi) is 5.58. The Hall–Kier alpha value is -3.03. The number of imide groups is 1. The van der Waals surface area contributed by atoms with Gasteiger partial charge in [-0.15, -0.1) is 0 Å². The van der Waals surface area contributed by atoms with Crippen molar-refractivity contribution in [2.45, 2.75) is 6.92 Å². The van der Waals surface area contributed by atoms with Gasteiger partial charge in [-0.3, -0.25) is 9.59 Å². The summed E-state index contributed by atoms with van der Waals surface area (Å²) in [5.74, 6) is -2.13. The summed E-state index contributed by atoms with van der Waals surface area (Å²) in [6.07, 6.45) is 0. The molecule has 0 saturated heterocycles. The fraction of sp³-hybridized carbons (Fsp3) is 0.105. The molecular weight excluding hydrogens is 407 g/mol. The molecule has 2 amide bonds. The van der Waals surface area contributed by atoms with E-state index >= 15 is 0 Å². The standard InChI is InChI=1S/C19H14Cl2N2O5/c1-2-28-19(27)10-3-6-12(7-4-10)23-17(25)15(21)16(18(23)26)22-13-9-11(20)5-8-14(13)24/h3-9,22,24H,2H2,1H3. The van der Waals surface area contributed by atoms with Gasteiger partial charge in [-0.1, -0.05) is 23.2 Å². The van der Waals surface area contributed by atoms with Crippen molar-refractivity contribution in [2.24, 2.45) is 0 Å². The van der Waals surface area contributed by atoms with E-state index in [0.717, 1.165) is 4.90 Å². The topological polar surface area (TPSA) is 95.9 Å². The first-order chi connectivity index (χ1) is 13.3. The van der Waals surface area contributed by atoms with Gasteiger partial charge in [0.15, 0.2) is 0 Å². The van der Waals surface area contributed by atoms with Crippen LogP contribution in [0.5, 0.6) is 5.75 Å². The maximum atomic E-state index is 12.7. The number of phenols is 1. The molecule has 0 aromatic heterocycles. The quantitative estimate of drug-likeness (QED) is 0.435. The van der Waals surface area contributed by atoms with E-state index in [1.165, 1.54) is 42.5 Å². The monoisotopic (exact) mass is 420 g/mol. The van der Waals surface area contributed by atoms with Gasteiger partial charge in [-0.25, -0.2) is 9.69 Å². The van der Waals surface area contributed by atoms with Crippen LogP contribution in [-0.2, 0) is 14.3 Å². The second kappa shape index (κ2) is 7.92. The number of nitrogens with zero attached hydrogens (tertiary/aromatic N) is 1. The second-order valence-corrected chi connectivity index (χ2v) is 6.50. The number of phenolic OH excluding ortho intramolecular Hbond substituents is 1. The molecular formula is C19H14Cl2N2O5. The smallest absolute Gasteiger partial charge is 0.338 e. The highest BCUT2D eigenvalue weighted by atomic mass is 35.5. The van der Waals surface area contributed by atoms with Crippen molar-refractivity contribution in [1.82, 2.24) is 0 Å². The molecule has 144 valence electrons. The van der Waals surface area contributed by atoms with Crippen LogP contribution in [-0.4, -0.2) is 29.5 Å². The summed E-state index contributed by atoms with van der Waals surface area (Å²) in [5.41, 5.74) is 0.444. The van der Waals surface area contributed by atoms with E-state index in [0.29, 0.717) is 5.02 Å². The SMILES string of the molecule is CCOC(=O)c1ccc(N2C(=O)C(Cl)=C(Nc3cc(Cl)ccc3O)C2=O)cc1. The molecule has 7 nitrogen and oxygen atoms in total. The largest absolute Gasteiger partial charge is 0.506 e. The molecule has 0 radical (unpaired) electrons. The molecule has 0 atom stereocenters. The predicted molar refractivity (Wildman–Crippen MR) is 105 cm³/mol. The average molecular weight is 421 g/mol. The molecule has 1 aliphatic rings. The lowest BCUT2D eigenvalue weighted by Gasteiger charge is -2.15. The van der Waals surface area contributed by atoms with Crippen molar-refractivity contribution in [3.05, 3.63) is 63.8 Å². The minimum atomic E-state index is -0.737. The molecule has 1 heterocycles. The first-order valence-electron chi connectivity index (χ1n) is 8.14. The van der Waals surface area contributed by atoms with Gasteiger partial charge in [0.1, 0.15) is 16.5 Å². The fourth-order valence-corrected chi connectivity index (χ4v) is 2.93. The Morgan fingerprint density at radius 2 is 1.79 bits per heavy atom. The molecule has 28 heavy (non-hydrogen) atoms. The number of rotatable bonds is 5. The van der Waals surface area contributed by atoms with E-state index in [1.807, 2.05) is 0 Å². The summed E-state index contributed by atoms with van der Waals surface area (Å²) in [6.45, 7) is 1.92. The Morgan fingerprint density at radius 1 is 1.11 bits per heavy atom. The van der Waals surface area contributed by atoms with Crippen molar-refractivity contribution >= 4 is 52.4 Å². The number of carbonyl (C=O) groups is 3. The number of amides is 2. The highest BCUT2D eigenvalue weighted by molar-refractivity contribution is 6.53. The number of aromatic hydroxyl groups is 1. The van der Waals surface area contributed by atoms with Crippen molar-refractivity contribution in [2.75, 3.05) is 16.8 Å². The molecule has 2 N–H and O–H groups in total. The lowest BCUT2D eigenvalue weighted by Crippen LogP contribution is -2.32. The van der Waals surface area contributed by atoms with Gasteiger partial charge < -0.3 is 15.2 Å². The number of esters is 1. The van der Waals surface area contributed by atoms with E-state index in [2.05, 4.69) is 5.32 Å². The minimum absolute atomic E-state index is 0.126. The van der Waals surface area contributed by atoms with Gasteiger partial charge in [0, 0.05) is 5.02 Å². The van der Waals surface area contributed by atoms with Crippen molar-refractivity contribution < 1.29 is 24.2 Å². The predicted octanol–water partition coefficient (Wildman–Crippen LogP) is 3.66. The Bertz CT molecular complexity index is 1000. The van der Waals surface area contributed by atoms with Crippen LogP contribution >= 0.6 is 23.2 Å². The fourth-order valence-electron chi connectivity index (χ4n) is 2.55. The maximum Gasteiger partial charge on any atom is 0.338 e. The summed E-state index contributed by atoms with van der Waals surface area (Å²) in [4.78, 5) is 37.8. The zero-order chi connectivity index (χ0) is 20.4. The van der Waals surface area contributed by atoms with Gasteiger partial charge in [-0.2, -0.15) is 0 Å². The molecule has 0 saturated carbocycles. The third-order valence-electron chi connectivity index (χ3n) is 3.88. The van der Waals surface area contributed by atoms with Gasteiger partial charge in [0.25, 0.3) is 11.8 Å². The molecule has 0 bridgehead atoms. The molecule has 2 aromatic carbocycles. The zero-order valence-corrected chi connectivity index (χ0v) is 16.0. The van der Waals surface area contributed by atoms with E-state index < -0.39 is 17.8 Å². The highest BCUT2D eigenvalue weighted by Gasteiger charge is 2.39. The third kappa shape index (κ3) is 3.67. The van der Waals surface area contributed by atoms with Crippen molar-refractivity contribution in [3.63, 3.8) is 0 Å². The van der Waals surface area contributed by atoms with Crippen LogP contribution in [0, 0.1) is 0 Å². The van der Waals surface area contributed by atoms with E-state index in [-0.39, 0.29) is 40.0 Å². The molecule has 1 aliphatic heterocycles. The Morgan fingerprint density at radius 3 is 2.43 bits per heavy atom. The number of benzene rings is 2. The lowest BCUT2D eigenvalue weighted by molar-refractivity contribution is -0.120. The number of hydrogen-bond acceptors (Lipinski definition) is 6. The summed E-state index contributed by atoms with van der Waals surface area (Å²) in [7, 11) is 0. The number of ether oxygens (including phenoxy) is 1. The van der Waals surface area contributed by atoms with Crippen LogP contribution in [0.1, 0.15) is 17.3 Å². The van der Waals surface area contributed by atoms with Crippen molar-refractivity contribution in [1.29, 1.82) is 0 Å². The first-order valence-corrected chi connectivity index (χ1v) is 8.90. The van der Waals surface area contributed by atoms with E-state index in [4.69, 9.17) is 27.9 Å².